The highest BCUT2D eigenvalue weighted by molar-refractivity contribution is 6.32. The highest BCUT2D eigenvalue weighted by atomic mass is 35.5. The molecule has 6 aliphatic rings. The summed E-state index contributed by atoms with van der Waals surface area (Å²) < 4.78 is 38.7. The molecule has 68 heavy (non-hydrogen) atoms. The zero-order chi connectivity index (χ0) is 47.9. The molecule has 7 heterocycles. The number of alkyl halides is 2. The molecule has 10 rings (SSSR count). The molecule has 2 aromatic carbocycles. The molecule has 0 spiro atoms. The van der Waals surface area contributed by atoms with Crippen LogP contribution in [-0.4, -0.2) is 138 Å². The summed E-state index contributed by atoms with van der Waals surface area (Å²) in [7, 11) is 3.56. The van der Waals surface area contributed by atoms with E-state index in [0.717, 1.165) is 48.9 Å². The normalized spacial score (nSPS) is 21.9. The second-order valence-corrected chi connectivity index (χ2v) is 19.6. The Hall–Kier alpha value is -5.43. The maximum Gasteiger partial charge on any atom is 0.328 e. The van der Waals surface area contributed by atoms with Crippen LogP contribution in [0.3, 0.4) is 0 Å². The molecular weight excluding hydrogens is 896 g/mol. The first-order chi connectivity index (χ1) is 32.7. The topological polar surface area (TPSA) is 174 Å². The number of nitrogens with zero attached hydrogens (tertiary/aromatic N) is 8. The molecule has 4 saturated heterocycles. The zero-order valence-corrected chi connectivity index (χ0v) is 39.9. The van der Waals surface area contributed by atoms with Crippen molar-refractivity contribution < 1.29 is 32.7 Å². The molecule has 5 fully saturated rings. The van der Waals surface area contributed by atoms with Crippen LogP contribution in [0.2, 0.25) is 5.02 Å². The van der Waals surface area contributed by atoms with Gasteiger partial charge in [-0.3, -0.25) is 34.4 Å². The predicted octanol–water partition coefficient (Wildman–Crippen LogP) is 6.63. The van der Waals surface area contributed by atoms with Gasteiger partial charge < -0.3 is 25.6 Å². The third-order valence-corrected chi connectivity index (χ3v) is 15.6. The van der Waals surface area contributed by atoms with E-state index in [2.05, 4.69) is 20.5 Å². The predicted molar refractivity (Wildman–Crippen MR) is 256 cm³/mol. The number of urea groups is 1. The van der Waals surface area contributed by atoms with Crippen LogP contribution in [0, 0.1) is 18.8 Å². The lowest BCUT2D eigenvalue weighted by Gasteiger charge is -2.47. The number of primary amides is 1. The Balaban J connectivity index is 0.000000894. The number of imidazole rings is 1. The van der Waals surface area contributed by atoms with Gasteiger partial charge in [-0.15, -0.1) is 5.10 Å². The van der Waals surface area contributed by atoms with Gasteiger partial charge in [0, 0.05) is 82.2 Å². The number of fused-ring (bicyclic) bond motifs is 2. The van der Waals surface area contributed by atoms with Crippen molar-refractivity contribution in [3.8, 4) is 0 Å². The molecule has 0 bridgehead atoms. The summed E-state index contributed by atoms with van der Waals surface area (Å²) in [6, 6.07) is 9.92. The van der Waals surface area contributed by atoms with Gasteiger partial charge in [-0.05, 0) is 125 Å². The Bertz CT molecular complexity index is 2550. The van der Waals surface area contributed by atoms with Crippen LogP contribution in [0.15, 0.2) is 42.6 Å². The Kier molecular flexibility index (Phi) is 13.9. The van der Waals surface area contributed by atoms with Crippen LogP contribution in [0.25, 0.3) is 5.65 Å². The van der Waals surface area contributed by atoms with E-state index >= 15 is 8.78 Å². The molecule has 4 aromatic rings. The van der Waals surface area contributed by atoms with Crippen molar-refractivity contribution in [2.75, 3.05) is 81.6 Å². The number of nitrogens with two attached hydrogens (primary N) is 1. The second-order valence-electron chi connectivity index (χ2n) is 19.2. The van der Waals surface area contributed by atoms with Crippen molar-refractivity contribution in [2.24, 2.45) is 17.6 Å². The van der Waals surface area contributed by atoms with Crippen LogP contribution < -0.4 is 26.2 Å². The van der Waals surface area contributed by atoms with E-state index in [4.69, 9.17) is 27.2 Å². The first-order valence-corrected chi connectivity index (χ1v) is 24.4. The summed E-state index contributed by atoms with van der Waals surface area (Å²) in [5.41, 5.74) is 11.7. The number of benzene rings is 2. The van der Waals surface area contributed by atoms with Crippen molar-refractivity contribution >= 4 is 63.9 Å². The summed E-state index contributed by atoms with van der Waals surface area (Å²) in [6.45, 7) is 5.83. The highest BCUT2D eigenvalue weighted by Crippen LogP contribution is 2.41. The Morgan fingerprint density at radius 1 is 0.926 bits per heavy atom. The molecule has 1 atom stereocenters. The van der Waals surface area contributed by atoms with Gasteiger partial charge >= 0.3 is 6.03 Å². The van der Waals surface area contributed by atoms with Gasteiger partial charge in [0.25, 0.3) is 17.7 Å². The largest absolute Gasteiger partial charge is 0.385 e. The van der Waals surface area contributed by atoms with Crippen molar-refractivity contribution in [3.05, 3.63) is 75.6 Å². The third-order valence-electron chi connectivity index (χ3n) is 15.2. The maximum absolute atomic E-state index is 16.1. The van der Waals surface area contributed by atoms with Gasteiger partial charge in [0.05, 0.1) is 36.3 Å². The minimum atomic E-state index is -2.86. The van der Waals surface area contributed by atoms with Gasteiger partial charge in [-0.2, -0.15) is 0 Å². The molecule has 1 unspecified atom stereocenters. The quantitative estimate of drug-likeness (QED) is 0.156. The standard InChI is InChI=1S/C44H52ClF2N11O4.C5H10O/c1-26-32(45)20-30(21-35(26)57-19-12-39(59)51-43(57)62)42(61)55-16-8-28(9-17-55)27-6-14-54(15-7-27)37-11-13-53(25-44(37,46)47)24-29-4-3-5-34-31(29)10-18-56(34)38-22-33(49-2)41-50-23-36(40(48)60)58(41)52-38;1-6-5-3-2-4-5/h3-5,20-23,27-28,37,49H,6-19,24-25H2,1-2H3,(H2,48,60)(H,51,59,62);5H,2-4H2,1H3. The number of halogens is 3. The molecule has 16 nitrogen and oxygen atoms in total. The SMILES string of the molecule is CNc1cc(N2CCc3c(CN4CCC(N5CCC(C6CCN(C(=O)c7cc(Cl)c(C)c(N8CCC(=O)NC8=O)c7)CC6)CC5)C(F)(F)C4)cccc32)nn2c(C(N)=O)cnc12.COC1CCC1. The van der Waals surface area contributed by atoms with Gasteiger partial charge in [-0.25, -0.2) is 23.1 Å². The minimum Gasteiger partial charge on any atom is -0.385 e. The number of imide groups is 1. The number of methoxy groups -OCH3 is 1. The smallest absolute Gasteiger partial charge is 0.328 e. The average molecular weight is 959 g/mol. The number of piperidine rings is 3. The molecule has 19 heteroatoms. The van der Waals surface area contributed by atoms with Crippen LogP contribution in [0.1, 0.15) is 95.3 Å². The Morgan fingerprint density at radius 3 is 2.28 bits per heavy atom. The van der Waals surface area contributed by atoms with E-state index in [1.54, 1.807) is 33.2 Å². The lowest BCUT2D eigenvalue weighted by Crippen LogP contribution is -2.59. The first-order valence-electron chi connectivity index (χ1n) is 24.0. The highest BCUT2D eigenvalue weighted by Gasteiger charge is 2.48. The molecule has 5 amide bonds. The molecule has 1 aliphatic carbocycles. The third kappa shape index (κ3) is 9.61. The second kappa shape index (κ2) is 19.9. The summed E-state index contributed by atoms with van der Waals surface area (Å²) >= 11 is 6.55. The molecule has 5 aliphatic heterocycles. The number of amides is 5. The van der Waals surface area contributed by atoms with E-state index in [-0.39, 0.29) is 37.0 Å². The number of nitrogens with one attached hydrogen (secondary N) is 2. The van der Waals surface area contributed by atoms with E-state index in [9.17, 15) is 19.2 Å². The van der Waals surface area contributed by atoms with Crippen LogP contribution >= 0.6 is 11.6 Å². The number of aromatic nitrogens is 3. The van der Waals surface area contributed by atoms with Crippen molar-refractivity contribution in [2.45, 2.75) is 95.7 Å². The van der Waals surface area contributed by atoms with Crippen molar-refractivity contribution in [1.29, 1.82) is 0 Å². The van der Waals surface area contributed by atoms with E-state index in [0.29, 0.717) is 109 Å². The van der Waals surface area contributed by atoms with Crippen molar-refractivity contribution in [3.63, 3.8) is 0 Å². The summed E-state index contributed by atoms with van der Waals surface area (Å²) in [4.78, 5) is 63.7. The molecule has 364 valence electrons. The first kappa shape index (κ1) is 47.6. The van der Waals surface area contributed by atoms with Gasteiger partial charge in [-0.1, -0.05) is 23.7 Å². The molecule has 2 aromatic heterocycles. The summed E-state index contributed by atoms with van der Waals surface area (Å²) in [6.07, 6.45) is 10.7. The minimum absolute atomic E-state index is 0.146. The molecular formula is C49H62ClF2N11O5. The van der Waals surface area contributed by atoms with Crippen LogP contribution in [-0.2, 0) is 22.5 Å². The lowest BCUT2D eigenvalue weighted by molar-refractivity contribution is -0.135. The fourth-order valence-electron chi connectivity index (χ4n) is 11.1. The monoisotopic (exact) mass is 957 g/mol. The average Bonchev–Trinajstić information content (AvgIpc) is 3.95. The number of hydrogen-bond donors (Lipinski definition) is 3. The summed E-state index contributed by atoms with van der Waals surface area (Å²) in [5, 5.41) is 10.6. The number of hydrogen-bond acceptors (Lipinski definition) is 11. The summed E-state index contributed by atoms with van der Waals surface area (Å²) in [5.74, 6) is -2.50. The number of rotatable bonds is 10. The number of carbonyl (C=O) groups is 4. The van der Waals surface area contributed by atoms with E-state index in [1.165, 1.54) is 34.9 Å². The van der Waals surface area contributed by atoms with Crippen LogP contribution in [0.4, 0.5) is 36.5 Å². The number of ether oxygens (including phenoxy) is 1. The molecule has 4 N–H and O–H groups in total. The maximum atomic E-state index is 16.1. The molecule has 0 radical (unpaired) electrons. The fraction of sp³-hybridized carbons (Fsp3) is 0.551. The fourth-order valence-corrected chi connectivity index (χ4v) is 11.3. The molecule has 1 saturated carbocycles. The zero-order valence-electron chi connectivity index (χ0n) is 39.1. The van der Waals surface area contributed by atoms with E-state index in [1.807, 2.05) is 39.0 Å². The Labute approximate surface area is 400 Å². The van der Waals surface area contributed by atoms with E-state index < -0.39 is 23.9 Å². The van der Waals surface area contributed by atoms with Gasteiger partial charge in [0.1, 0.15) is 5.69 Å². The van der Waals surface area contributed by atoms with Crippen LogP contribution in [0.5, 0.6) is 0 Å². The van der Waals surface area contributed by atoms with Crippen molar-refractivity contribution in [1.82, 2.24) is 34.6 Å². The lowest BCUT2D eigenvalue weighted by atomic mass is 9.78. The number of likely N-dealkylation sites (tertiary alicyclic amines) is 3. The number of carbonyl (C=O) groups excluding carboxylic acids is 4. The Morgan fingerprint density at radius 2 is 1.65 bits per heavy atom. The van der Waals surface area contributed by atoms with Gasteiger partial charge in [0.2, 0.25) is 5.91 Å². The number of anilines is 4. The van der Waals surface area contributed by atoms with Gasteiger partial charge in [0.15, 0.2) is 11.5 Å².